The van der Waals surface area contributed by atoms with E-state index < -0.39 is 0 Å². The largest absolute Gasteiger partial charge is 0.494 e. The standard InChI is InChI=1S/C18H20N4O2S/c1-3-11-24-14-7-5-13(6-8-14)16-12-25-18(19-16)20-17(23)15-9-10-22(4-2)21-15/h5-10,12H,3-4,11H2,1-2H3,(H,19,20,23). The maximum Gasteiger partial charge on any atom is 0.277 e. The van der Waals surface area contributed by atoms with Crippen LogP contribution in [0.3, 0.4) is 0 Å². The van der Waals surface area contributed by atoms with Crippen LogP contribution in [0.2, 0.25) is 0 Å². The zero-order valence-corrected chi connectivity index (χ0v) is 15.0. The Kier molecular flexibility index (Phi) is 5.45. The molecule has 1 amide bonds. The highest BCUT2D eigenvalue weighted by Crippen LogP contribution is 2.26. The van der Waals surface area contributed by atoms with E-state index in [9.17, 15) is 4.79 Å². The molecule has 0 unspecified atom stereocenters. The van der Waals surface area contributed by atoms with Gasteiger partial charge in [0.2, 0.25) is 0 Å². The molecule has 3 rings (SSSR count). The predicted octanol–water partition coefficient (Wildman–Crippen LogP) is 4.07. The summed E-state index contributed by atoms with van der Waals surface area (Å²) in [7, 11) is 0. The molecule has 0 atom stereocenters. The third-order valence-electron chi connectivity index (χ3n) is 3.54. The van der Waals surface area contributed by atoms with Crippen molar-refractivity contribution in [2.75, 3.05) is 11.9 Å². The number of aryl methyl sites for hydroxylation is 1. The van der Waals surface area contributed by atoms with Gasteiger partial charge in [-0.25, -0.2) is 4.98 Å². The van der Waals surface area contributed by atoms with Gasteiger partial charge in [-0.05, 0) is 43.7 Å². The molecule has 25 heavy (non-hydrogen) atoms. The zero-order chi connectivity index (χ0) is 17.6. The lowest BCUT2D eigenvalue weighted by atomic mass is 10.2. The fourth-order valence-electron chi connectivity index (χ4n) is 2.23. The third kappa shape index (κ3) is 4.24. The first kappa shape index (κ1) is 17.2. The van der Waals surface area contributed by atoms with E-state index in [0.717, 1.165) is 30.0 Å². The number of ether oxygens (including phenoxy) is 1. The maximum atomic E-state index is 12.2. The predicted molar refractivity (Wildman–Crippen MR) is 99.2 cm³/mol. The van der Waals surface area contributed by atoms with Gasteiger partial charge in [0.1, 0.15) is 5.75 Å². The summed E-state index contributed by atoms with van der Waals surface area (Å²) >= 11 is 1.39. The number of aromatic nitrogens is 3. The average molecular weight is 356 g/mol. The van der Waals surface area contributed by atoms with E-state index in [4.69, 9.17) is 4.74 Å². The van der Waals surface area contributed by atoms with Crippen molar-refractivity contribution in [2.45, 2.75) is 26.8 Å². The van der Waals surface area contributed by atoms with Crippen LogP contribution >= 0.6 is 11.3 Å². The van der Waals surface area contributed by atoms with Gasteiger partial charge < -0.3 is 4.74 Å². The maximum absolute atomic E-state index is 12.2. The van der Waals surface area contributed by atoms with E-state index in [1.165, 1.54) is 11.3 Å². The first-order valence-electron chi connectivity index (χ1n) is 8.23. The highest BCUT2D eigenvalue weighted by atomic mass is 32.1. The number of nitrogens with one attached hydrogen (secondary N) is 1. The molecule has 0 aliphatic rings. The average Bonchev–Trinajstić information content (AvgIpc) is 3.30. The molecular formula is C18H20N4O2S. The number of amides is 1. The number of anilines is 1. The van der Waals surface area contributed by atoms with Crippen molar-refractivity contribution in [3.8, 4) is 17.0 Å². The fourth-order valence-corrected chi connectivity index (χ4v) is 2.94. The second-order valence-corrected chi connectivity index (χ2v) is 6.28. The van der Waals surface area contributed by atoms with Crippen LogP contribution < -0.4 is 10.1 Å². The number of hydrogen-bond donors (Lipinski definition) is 1. The summed E-state index contributed by atoms with van der Waals surface area (Å²) in [4.78, 5) is 16.7. The van der Waals surface area contributed by atoms with Gasteiger partial charge in [-0.2, -0.15) is 5.10 Å². The second-order valence-electron chi connectivity index (χ2n) is 5.42. The highest BCUT2D eigenvalue weighted by molar-refractivity contribution is 7.14. The minimum Gasteiger partial charge on any atom is -0.494 e. The molecule has 6 nitrogen and oxygen atoms in total. The number of carbonyl (C=O) groups excluding carboxylic acids is 1. The Morgan fingerprint density at radius 1 is 1.24 bits per heavy atom. The molecule has 0 radical (unpaired) electrons. The second kappa shape index (κ2) is 7.94. The molecule has 0 bridgehead atoms. The molecule has 0 aliphatic heterocycles. The van der Waals surface area contributed by atoms with E-state index >= 15 is 0 Å². The van der Waals surface area contributed by atoms with Crippen molar-refractivity contribution in [2.24, 2.45) is 0 Å². The van der Waals surface area contributed by atoms with Crippen LogP contribution in [0.4, 0.5) is 5.13 Å². The first-order chi connectivity index (χ1) is 12.2. The normalized spacial score (nSPS) is 10.6. The monoisotopic (exact) mass is 356 g/mol. The summed E-state index contributed by atoms with van der Waals surface area (Å²) in [6.07, 6.45) is 2.76. The van der Waals surface area contributed by atoms with E-state index in [2.05, 4.69) is 22.3 Å². The quantitative estimate of drug-likeness (QED) is 0.693. The smallest absolute Gasteiger partial charge is 0.277 e. The Hall–Kier alpha value is -2.67. The SMILES string of the molecule is CCCOc1ccc(-c2csc(NC(=O)c3ccn(CC)n3)n2)cc1. The number of nitrogens with zero attached hydrogens (tertiary/aromatic N) is 3. The molecule has 0 aliphatic carbocycles. The van der Waals surface area contributed by atoms with Crippen LogP contribution in [-0.4, -0.2) is 27.3 Å². The molecule has 0 spiro atoms. The Morgan fingerprint density at radius 2 is 2.04 bits per heavy atom. The summed E-state index contributed by atoms with van der Waals surface area (Å²) in [5.41, 5.74) is 2.19. The number of rotatable bonds is 7. The van der Waals surface area contributed by atoms with Gasteiger partial charge in [0.05, 0.1) is 12.3 Å². The van der Waals surface area contributed by atoms with Gasteiger partial charge in [-0.3, -0.25) is 14.8 Å². The third-order valence-corrected chi connectivity index (χ3v) is 4.30. The van der Waals surface area contributed by atoms with Crippen LogP contribution in [0, 0.1) is 0 Å². The summed E-state index contributed by atoms with van der Waals surface area (Å²) in [6, 6.07) is 9.49. The van der Waals surface area contributed by atoms with E-state index in [1.54, 1.807) is 16.9 Å². The molecule has 7 heteroatoms. The van der Waals surface area contributed by atoms with Crippen molar-refractivity contribution >= 4 is 22.4 Å². The summed E-state index contributed by atoms with van der Waals surface area (Å²) in [6.45, 7) is 5.49. The molecule has 3 aromatic rings. The van der Waals surface area contributed by atoms with Crippen LogP contribution in [0.5, 0.6) is 5.75 Å². The highest BCUT2D eigenvalue weighted by Gasteiger charge is 2.12. The molecule has 0 saturated carbocycles. The van der Waals surface area contributed by atoms with Gasteiger partial charge in [-0.15, -0.1) is 11.3 Å². The van der Waals surface area contributed by atoms with Crippen molar-refractivity contribution in [3.63, 3.8) is 0 Å². The number of carbonyl (C=O) groups is 1. The zero-order valence-electron chi connectivity index (χ0n) is 14.2. The van der Waals surface area contributed by atoms with Gasteiger partial charge in [0.15, 0.2) is 10.8 Å². The van der Waals surface area contributed by atoms with Crippen LogP contribution in [0.25, 0.3) is 11.3 Å². The summed E-state index contributed by atoms with van der Waals surface area (Å²) in [5, 5.41) is 9.46. The molecule has 0 fully saturated rings. The van der Waals surface area contributed by atoms with E-state index in [1.807, 2.05) is 36.6 Å². The van der Waals surface area contributed by atoms with Gasteiger partial charge in [-0.1, -0.05) is 6.92 Å². The van der Waals surface area contributed by atoms with Gasteiger partial charge >= 0.3 is 0 Å². The molecular weight excluding hydrogens is 336 g/mol. The molecule has 1 aromatic carbocycles. The molecule has 0 saturated heterocycles. The summed E-state index contributed by atoms with van der Waals surface area (Å²) < 4.78 is 7.29. The first-order valence-corrected chi connectivity index (χ1v) is 9.11. The van der Waals surface area contributed by atoms with Crippen LogP contribution in [0.15, 0.2) is 41.9 Å². The Morgan fingerprint density at radius 3 is 2.72 bits per heavy atom. The lowest BCUT2D eigenvalue weighted by molar-refractivity contribution is 0.102. The minimum absolute atomic E-state index is 0.253. The molecule has 2 aromatic heterocycles. The van der Waals surface area contributed by atoms with Gasteiger partial charge in [0.25, 0.3) is 5.91 Å². The van der Waals surface area contributed by atoms with Crippen molar-refractivity contribution < 1.29 is 9.53 Å². The number of hydrogen-bond acceptors (Lipinski definition) is 5. The Labute approximate surface area is 150 Å². The Bertz CT molecular complexity index is 839. The Balaban J connectivity index is 1.66. The lowest BCUT2D eigenvalue weighted by Crippen LogP contribution is -2.13. The molecule has 1 N–H and O–H groups in total. The van der Waals surface area contributed by atoms with E-state index in [0.29, 0.717) is 17.4 Å². The molecule has 130 valence electrons. The van der Waals surface area contributed by atoms with E-state index in [-0.39, 0.29) is 5.91 Å². The van der Waals surface area contributed by atoms with Crippen molar-refractivity contribution in [3.05, 3.63) is 47.6 Å². The summed E-state index contributed by atoms with van der Waals surface area (Å²) in [5.74, 6) is 0.595. The fraction of sp³-hybridized carbons (Fsp3) is 0.278. The number of benzene rings is 1. The number of thiazole rings is 1. The topological polar surface area (TPSA) is 69.0 Å². The van der Waals surface area contributed by atoms with Crippen LogP contribution in [0.1, 0.15) is 30.8 Å². The van der Waals surface area contributed by atoms with Crippen molar-refractivity contribution in [1.29, 1.82) is 0 Å². The van der Waals surface area contributed by atoms with Crippen molar-refractivity contribution in [1.82, 2.24) is 14.8 Å². The molecule has 2 heterocycles. The van der Waals surface area contributed by atoms with Crippen LogP contribution in [-0.2, 0) is 6.54 Å². The minimum atomic E-state index is -0.253. The lowest BCUT2D eigenvalue weighted by Gasteiger charge is -2.04. The van der Waals surface area contributed by atoms with Gasteiger partial charge in [0, 0.05) is 23.7 Å².